The molecular weight excluding hydrogens is 370 g/mol. The zero-order valence-corrected chi connectivity index (χ0v) is 18.4. The van der Waals surface area contributed by atoms with E-state index in [1.807, 2.05) is 12.1 Å². The Kier molecular flexibility index (Phi) is 5.68. The van der Waals surface area contributed by atoms with Crippen molar-refractivity contribution in [2.45, 2.75) is 83.0 Å². The molecule has 3 aliphatic rings. The molecule has 1 spiro atoms. The Labute approximate surface area is 174 Å². The minimum Gasteiger partial charge on any atom is -0.491 e. The van der Waals surface area contributed by atoms with Gasteiger partial charge in [-0.2, -0.15) is 5.06 Å². The summed E-state index contributed by atoms with van der Waals surface area (Å²) in [5.74, 6) is 0.363. The number of hydroxylamine groups is 2. The number of rotatable bonds is 6. The minimum atomic E-state index is -0.501. The second kappa shape index (κ2) is 7.82. The zero-order chi connectivity index (χ0) is 20.7. The predicted molar refractivity (Wildman–Crippen MR) is 110 cm³/mol. The van der Waals surface area contributed by atoms with Crippen LogP contribution in [0.4, 0.5) is 0 Å². The predicted octanol–water partition coefficient (Wildman–Crippen LogP) is 4.24. The van der Waals surface area contributed by atoms with Crippen LogP contribution in [-0.2, 0) is 19.0 Å². The zero-order valence-electron chi connectivity index (χ0n) is 18.4. The largest absolute Gasteiger partial charge is 0.491 e. The molecule has 162 valence electrons. The molecule has 3 saturated heterocycles. The standard InChI is InChI=1S/C23H35NO5/c1-17(18-7-9-19(10-8-18)25-13-20-14-26-20)29-24-21(2,3)15-23(16-22(24,4)5)27-11-6-12-28-23/h7-10,17,20H,6,11-16H2,1-5H3. The molecule has 1 aromatic rings. The van der Waals surface area contributed by atoms with E-state index in [9.17, 15) is 0 Å². The summed E-state index contributed by atoms with van der Waals surface area (Å²) in [5.41, 5.74) is 0.679. The maximum Gasteiger partial charge on any atom is 0.171 e. The van der Waals surface area contributed by atoms with E-state index in [0.29, 0.717) is 6.61 Å². The van der Waals surface area contributed by atoms with E-state index >= 15 is 0 Å². The lowest BCUT2D eigenvalue weighted by Crippen LogP contribution is -2.67. The summed E-state index contributed by atoms with van der Waals surface area (Å²) in [6.45, 7) is 13.9. The van der Waals surface area contributed by atoms with E-state index in [-0.39, 0.29) is 23.3 Å². The van der Waals surface area contributed by atoms with Crippen LogP contribution < -0.4 is 4.74 Å². The van der Waals surface area contributed by atoms with Crippen LogP contribution in [0.15, 0.2) is 24.3 Å². The van der Waals surface area contributed by atoms with Crippen LogP contribution in [0.2, 0.25) is 0 Å². The molecule has 3 fully saturated rings. The Morgan fingerprint density at radius 1 is 1.03 bits per heavy atom. The van der Waals surface area contributed by atoms with Crippen molar-refractivity contribution in [3.63, 3.8) is 0 Å². The molecule has 3 heterocycles. The first kappa shape index (κ1) is 21.1. The van der Waals surface area contributed by atoms with Crippen molar-refractivity contribution in [2.24, 2.45) is 0 Å². The lowest BCUT2D eigenvalue weighted by atomic mass is 9.77. The average Bonchev–Trinajstić information content (AvgIpc) is 3.47. The molecule has 3 aliphatic heterocycles. The SMILES string of the molecule is CC(ON1C(C)(C)CC2(CC1(C)C)OCCCO2)c1ccc(OCC2CO2)cc1. The second-order valence-electron chi connectivity index (χ2n) is 9.82. The van der Waals surface area contributed by atoms with Crippen molar-refractivity contribution in [1.82, 2.24) is 5.06 Å². The molecule has 0 bridgehead atoms. The van der Waals surface area contributed by atoms with Crippen molar-refractivity contribution in [1.29, 1.82) is 0 Å². The normalized spacial score (nSPS) is 28.8. The maximum absolute atomic E-state index is 6.55. The van der Waals surface area contributed by atoms with E-state index in [1.54, 1.807) is 0 Å². The first-order chi connectivity index (χ1) is 13.7. The molecule has 6 nitrogen and oxygen atoms in total. The van der Waals surface area contributed by atoms with Gasteiger partial charge in [0.1, 0.15) is 24.6 Å². The van der Waals surface area contributed by atoms with Crippen molar-refractivity contribution in [3.8, 4) is 5.75 Å². The van der Waals surface area contributed by atoms with Gasteiger partial charge in [0.25, 0.3) is 0 Å². The van der Waals surface area contributed by atoms with Gasteiger partial charge in [0.15, 0.2) is 5.79 Å². The number of nitrogens with zero attached hydrogens (tertiary/aromatic N) is 1. The molecule has 0 saturated carbocycles. The van der Waals surface area contributed by atoms with Gasteiger partial charge >= 0.3 is 0 Å². The van der Waals surface area contributed by atoms with Gasteiger partial charge in [0.05, 0.1) is 19.8 Å². The van der Waals surface area contributed by atoms with Crippen LogP contribution in [0.1, 0.15) is 65.5 Å². The van der Waals surface area contributed by atoms with Crippen molar-refractivity contribution >= 4 is 0 Å². The van der Waals surface area contributed by atoms with Gasteiger partial charge in [0.2, 0.25) is 0 Å². The topological polar surface area (TPSA) is 52.7 Å². The van der Waals surface area contributed by atoms with E-state index in [4.69, 9.17) is 23.8 Å². The van der Waals surface area contributed by atoms with Crippen molar-refractivity contribution < 1.29 is 23.8 Å². The maximum atomic E-state index is 6.55. The van der Waals surface area contributed by atoms with Gasteiger partial charge in [-0.25, -0.2) is 0 Å². The third-order valence-electron chi connectivity index (χ3n) is 5.97. The minimum absolute atomic E-state index is 0.0726. The fourth-order valence-electron chi connectivity index (χ4n) is 4.86. The Bertz CT molecular complexity index is 672. The number of hydrogen-bond donors (Lipinski definition) is 0. The number of benzene rings is 1. The molecule has 0 aromatic heterocycles. The quantitative estimate of drug-likeness (QED) is 0.660. The molecular formula is C23H35NO5. The van der Waals surface area contributed by atoms with Gasteiger partial charge in [-0.15, -0.1) is 0 Å². The van der Waals surface area contributed by atoms with Gasteiger partial charge in [0, 0.05) is 23.9 Å². The van der Waals surface area contributed by atoms with E-state index < -0.39 is 5.79 Å². The summed E-state index contributed by atoms with van der Waals surface area (Å²) in [6.07, 6.45) is 2.73. The van der Waals surface area contributed by atoms with Crippen LogP contribution in [0.3, 0.4) is 0 Å². The van der Waals surface area contributed by atoms with E-state index in [1.165, 1.54) is 0 Å². The van der Waals surface area contributed by atoms with Gasteiger partial charge < -0.3 is 18.9 Å². The highest BCUT2D eigenvalue weighted by atomic mass is 16.7. The molecule has 0 radical (unpaired) electrons. The summed E-state index contributed by atoms with van der Waals surface area (Å²) in [6, 6.07) is 8.16. The van der Waals surface area contributed by atoms with Crippen LogP contribution in [0.25, 0.3) is 0 Å². The Hall–Kier alpha value is -1.18. The Morgan fingerprint density at radius 2 is 1.62 bits per heavy atom. The van der Waals surface area contributed by atoms with Crippen molar-refractivity contribution in [2.75, 3.05) is 26.4 Å². The third kappa shape index (κ3) is 4.78. The second-order valence-corrected chi connectivity index (χ2v) is 9.82. The third-order valence-corrected chi connectivity index (χ3v) is 5.97. The van der Waals surface area contributed by atoms with Crippen LogP contribution in [0, 0.1) is 0 Å². The molecule has 2 unspecified atom stereocenters. The van der Waals surface area contributed by atoms with Crippen LogP contribution in [0.5, 0.6) is 5.75 Å². The Balaban J connectivity index is 1.43. The lowest BCUT2D eigenvalue weighted by Gasteiger charge is -2.58. The molecule has 0 amide bonds. The monoisotopic (exact) mass is 405 g/mol. The van der Waals surface area contributed by atoms with Gasteiger partial charge in [-0.05, 0) is 58.7 Å². The van der Waals surface area contributed by atoms with Gasteiger partial charge in [-0.1, -0.05) is 12.1 Å². The summed E-state index contributed by atoms with van der Waals surface area (Å²) in [5, 5.41) is 2.16. The highest BCUT2D eigenvalue weighted by Gasteiger charge is 2.55. The number of hydrogen-bond acceptors (Lipinski definition) is 6. The first-order valence-electron chi connectivity index (χ1n) is 10.8. The average molecular weight is 406 g/mol. The molecule has 0 aliphatic carbocycles. The first-order valence-corrected chi connectivity index (χ1v) is 10.8. The van der Waals surface area contributed by atoms with Crippen LogP contribution in [-0.4, -0.2) is 54.5 Å². The highest BCUT2D eigenvalue weighted by molar-refractivity contribution is 5.28. The van der Waals surface area contributed by atoms with E-state index in [2.05, 4.69) is 51.8 Å². The molecule has 0 N–H and O–H groups in total. The summed E-state index contributed by atoms with van der Waals surface area (Å²) >= 11 is 0. The smallest absolute Gasteiger partial charge is 0.171 e. The molecule has 4 rings (SSSR count). The lowest BCUT2D eigenvalue weighted by molar-refractivity contribution is -0.377. The summed E-state index contributed by atoms with van der Waals surface area (Å²) < 4.78 is 23.2. The Morgan fingerprint density at radius 3 is 2.17 bits per heavy atom. The van der Waals surface area contributed by atoms with E-state index in [0.717, 1.165) is 50.4 Å². The van der Waals surface area contributed by atoms with Crippen molar-refractivity contribution in [3.05, 3.63) is 29.8 Å². The van der Waals surface area contributed by atoms with Crippen LogP contribution >= 0.6 is 0 Å². The molecule has 29 heavy (non-hydrogen) atoms. The molecule has 2 atom stereocenters. The number of ether oxygens (including phenoxy) is 4. The summed E-state index contributed by atoms with van der Waals surface area (Å²) in [7, 11) is 0. The number of piperidine rings is 1. The van der Waals surface area contributed by atoms with Gasteiger partial charge in [-0.3, -0.25) is 4.84 Å². The summed E-state index contributed by atoms with van der Waals surface area (Å²) in [4.78, 5) is 6.55. The molecule has 6 heteroatoms. The fourth-order valence-corrected chi connectivity index (χ4v) is 4.86. The fraction of sp³-hybridized carbons (Fsp3) is 0.739. The highest BCUT2D eigenvalue weighted by Crippen LogP contribution is 2.48. The molecule has 1 aromatic carbocycles. The number of epoxide rings is 1.